The summed E-state index contributed by atoms with van der Waals surface area (Å²) in [6.07, 6.45) is 3.23. The van der Waals surface area contributed by atoms with Crippen LogP contribution in [0.2, 0.25) is 0 Å². The number of rotatable bonds is 4. The predicted octanol–water partition coefficient (Wildman–Crippen LogP) is 3.54. The van der Waals surface area contributed by atoms with Gasteiger partial charge in [-0.15, -0.1) is 0 Å². The molecule has 5 rings (SSSR count). The van der Waals surface area contributed by atoms with E-state index >= 15 is 0 Å². The number of aromatic nitrogens is 3. The fraction of sp³-hybridized carbons (Fsp3) is 0.0800. The molecule has 1 amide bonds. The summed E-state index contributed by atoms with van der Waals surface area (Å²) in [6.45, 7) is 0. The summed E-state index contributed by atoms with van der Waals surface area (Å²) in [5, 5.41) is 3.25. The van der Waals surface area contributed by atoms with E-state index in [0.717, 1.165) is 15.8 Å². The van der Waals surface area contributed by atoms with Crippen molar-refractivity contribution in [2.24, 2.45) is 14.1 Å². The molecule has 8 heteroatoms. The van der Waals surface area contributed by atoms with Crippen molar-refractivity contribution in [2.45, 2.75) is 0 Å². The van der Waals surface area contributed by atoms with Gasteiger partial charge in [0.25, 0.3) is 11.5 Å². The molecule has 0 aliphatic rings. The highest BCUT2D eigenvalue weighted by Gasteiger charge is 2.20. The first kappa shape index (κ1) is 20.3. The van der Waals surface area contributed by atoms with E-state index in [-0.39, 0.29) is 22.9 Å². The molecule has 0 aliphatic heterocycles. The first-order chi connectivity index (χ1) is 16.0. The molecule has 0 bridgehead atoms. The van der Waals surface area contributed by atoms with Gasteiger partial charge < -0.3 is 14.3 Å². The zero-order valence-corrected chi connectivity index (χ0v) is 18.0. The van der Waals surface area contributed by atoms with Gasteiger partial charge >= 0.3 is 5.69 Å². The van der Waals surface area contributed by atoms with Crippen LogP contribution in [0.25, 0.3) is 27.8 Å². The van der Waals surface area contributed by atoms with Crippen LogP contribution in [-0.2, 0) is 14.1 Å². The fourth-order valence-corrected chi connectivity index (χ4v) is 3.93. The smallest absolute Gasteiger partial charge is 0.330 e. The second-order valence-electron chi connectivity index (χ2n) is 7.66. The molecule has 0 spiro atoms. The number of furan rings is 1. The number of nitrogens with one attached hydrogen (secondary N) is 1. The molecule has 0 radical (unpaired) electrons. The van der Waals surface area contributed by atoms with E-state index in [1.807, 2.05) is 47.0 Å². The molecule has 164 valence electrons. The van der Waals surface area contributed by atoms with Crippen molar-refractivity contribution in [2.75, 3.05) is 5.32 Å². The minimum atomic E-state index is -0.389. The number of aryl methyl sites for hydroxylation is 1. The van der Waals surface area contributed by atoms with Crippen LogP contribution >= 0.6 is 0 Å². The molecule has 33 heavy (non-hydrogen) atoms. The van der Waals surface area contributed by atoms with E-state index in [2.05, 4.69) is 5.32 Å². The van der Waals surface area contributed by atoms with Crippen LogP contribution in [0.3, 0.4) is 0 Å². The summed E-state index contributed by atoms with van der Waals surface area (Å²) in [7, 11) is 3.13. The lowest BCUT2D eigenvalue weighted by atomic mass is 10.1. The van der Waals surface area contributed by atoms with Gasteiger partial charge in [0, 0.05) is 31.7 Å². The first-order valence-electron chi connectivity index (χ1n) is 10.3. The van der Waals surface area contributed by atoms with E-state index in [1.54, 1.807) is 37.5 Å². The summed E-state index contributed by atoms with van der Waals surface area (Å²) in [6, 6.07) is 20.0. The highest BCUT2D eigenvalue weighted by Crippen LogP contribution is 2.31. The number of carbonyl (C=O) groups is 1. The van der Waals surface area contributed by atoms with Crippen molar-refractivity contribution in [1.82, 2.24) is 13.7 Å². The third-order valence-corrected chi connectivity index (χ3v) is 5.63. The molecule has 0 unspecified atom stereocenters. The van der Waals surface area contributed by atoms with E-state index in [9.17, 15) is 14.4 Å². The Hall–Kier alpha value is -4.59. The quantitative estimate of drug-likeness (QED) is 0.463. The van der Waals surface area contributed by atoms with Gasteiger partial charge in [-0.25, -0.2) is 4.79 Å². The number of nitrogens with zero attached hydrogens (tertiary/aromatic N) is 3. The average molecular weight is 440 g/mol. The number of benzene rings is 2. The van der Waals surface area contributed by atoms with Gasteiger partial charge in [0.1, 0.15) is 0 Å². The minimum absolute atomic E-state index is 0.221. The number of hydrogen-bond acceptors (Lipinski definition) is 4. The Labute approximate surface area is 187 Å². The Balaban J connectivity index is 1.66. The molecule has 0 fully saturated rings. The minimum Gasteiger partial charge on any atom is -0.459 e. The molecule has 2 aromatic carbocycles. The summed E-state index contributed by atoms with van der Waals surface area (Å²) < 4.78 is 9.60. The van der Waals surface area contributed by atoms with E-state index in [4.69, 9.17) is 4.42 Å². The molecule has 1 N–H and O–H groups in total. The lowest BCUT2D eigenvalue weighted by Crippen LogP contribution is -2.36. The summed E-state index contributed by atoms with van der Waals surface area (Å²) >= 11 is 0. The molecule has 5 aromatic rings. The fourth-order valence-electron chi connectivity index (χ4n) is 3.93. The van der Waals surface area contributed by atoms with Crippen molar-refractivity contribution >= 4 is 22.5 Å². The molecule has 8 nitrogen and oxygen atoms in total. The third-order valence-electron chi connectivity index (χ3n) is 5.63. The van der Waals surface area contributed by atoms with Gasteiger partial charge in [-0.05, 0) is 42.0 Å². The Kier molecular flexibility index (Phi) is 4.82. The zero-order valence-electron chi connectivity index (χ0n) is 18.0. The van der Waals surface area contributed by atoms with E-state index in [0.29, 0.717) is 22.3 Å². The van der Waals surface area contributed by atoms with Crippen molar-refractivity contribution in [3.63, 3.8) is 0 Å². The number of amides is 1. The van der Waals surface area contributed by atoms with Crippen LogP contribution in [0.5, 0.6) is 0 Å². The average Bonchev–Trinajstić information content (AvgIpc) is 3.51. The SMILES string of the molecule is Cn1c(=O)c2c(-c3ccccc3)n(-c3ccc(NC(=O)c4ccco4)cc3)cc2n(C)c1=O. The van der Waals surface area contributed by atoms with Crippen molar-refractivity contribution in [3.8, 4) is 16.9 Å². The topological polar surface area (TPSA) is 91.2 Å². The maximum atomic E-state index is 13.1. The van der Waals surface area contributed by atoms with Crippen molar-refractivity contribution in [3.05, 3.63) is 106 Å². The summed E-state index contributed by atoms with van der Waals surface area (Å²) in [5.74, 6) is -0.123. The van der Waals surface area contributed by atoms with Gasteiger partial charge in [0.15, 0.2) is 5.76 Å². The van der Waals surface area contributed by atoms with Gasteiger partial charge in [0.05, 0.1) is 22.9 Å². The van der Waals surface area contributed by atoms with Gasteiger partial charge in [-0.1, -0.05) is 30.3 Å². The van der Waals surface area contributed by atoms with Crippen LogP contribution in [-0.4, -0.2) is 19.6 Å². The van der Waals surface area contributed by atoms with Crippen LogP contribution in [0.15, 0.2) is 93.2 Å². The molecule has 0 saturated heterocycles. The Morgan fingerprint density at radius 1 is 0.879 bits per heavy atom. The van der Waals surface area contributed by atoms with Crippen LogP contribution in [0.1, 0.15) is 10.6 Å². The molecule has 3 aromatic heterocycles. The predicted molar refractivity (Wildman–Crippen MR) is 126 cm³/mol. The first-order valence-corrected chi connectivity index (χ1v) is 10.3. The highest BCUT2D eigenvalue weighted by atomic mass is 16.3. The monoisotopic (exact) mass is 440 g/mol. The van der Waals surface area contributed by atoms with Crippen LogP contribution in [0, 0.1) is 0 Å². The largest absolute Gasteiger partial charge is 0.459 e. The third kappa shape index (κ3) is 3.38. The van der Waals surface area contributed by atoms with Crippen LogP contribution < -0.4 is 16.6 Å². The van der Waals surface area contributed by atoms with Gasteiger partial charge in [-0.3, -0.25) is 18.7 Å². The Bertz CT molecular complexity index is 1590. The van der Waals surface area contributed by atoms with Gasteiger partial charge in [0.2, 0.25) is 0 Å². The Morgan fingerprint density at radius 3 is 2.27 bits per heavy atom. The number of hydrogen-bond donors (Lipinski definition) is 1. The van der Waals surface area contributed by atoms with Crippen molar-refractivity contribution in [1.29, 1.82) is 0 Å². The van der Waals surface area contributed by atoms with Crippen molar-refractivity contribution < 1.29 is 9.21 Å². The van der Waals surface area contributed by atoms with Gasteiger partial charge in [-0.2, -0.15) is 0 Å². The van der Waals surface area contributed by atoms with E-state index < -0.39 is 0 Å². The number of fused-ring (bicyclic) bond motifs is 1. The lowest BCUT2D eigenvalue weighted by molar-refractivity contribution is 0.0996. The maximum absolute atomic E-state index is 13.1. The lowest BCUT2D eigenvalue weighted by Gasteiger charge is -2.11. The number of carbonyl (C=O) groups excluding carboxylic acids is 1. The molecule has 0 saturated carbocycles. The van der Waals surface area contributed by atoms with Crippen LogP contribution in [0.4, 0.5) is 5.69 Å². The second-order valence-corrected chi connectivity index (χ2v) is 7.66. The molecule has 0 atom stereocenters. The standard InChI is InChI=1S/C25H20N4O4/c1-27-19-15-29(18-12-10-17(11-13-18)26-23(30)20-9-6-14-33-20)22(16-7-4-3-5-8-16)21(19)24(31)28(2)25(27)32/h3-15H,1-2H3,(H,26,30). The second kappa shape index (κ2) is 7.83. The number of anilines is 1. The summed E-state index contributed by atoms with van der Waals surface area (Å²) in [4.78, 5) is 37.9. The highest BCUT2D eigenvalue weighted by molar-refractivity contribution is 6.02. The normalized spacial score (nSPS) is 11.1. The zero-order chi connectivity index (χ0) is 23.1. The summed E-state index contributed by atoms with van der Waals surface area (Å²) in [5.41, 5.74) is 2.70. The molecular formula is C25H20N4O4. The Morgan fingerprint density at radius 2 is 1.61 bits per heavy atom. The molecule has 0 aliphatic carbocycles. The molecule has 3 heterocycles. The molecular weight excluding hydrogens is 420 g/mol. The van der Waals surface area contributed by atoms with E-state index in [1.165, 1.54) is 17.9 Å². The maximum Gasteiger partial charge on any atom is 0.330 e.